The third-order valence-electron chi connectivity index (χ3n) is 3.50. The van der Waals surface area contributed by atoms with Gasteiger partial charge in [-0.2, -0.15) is 0 Å². The average molecular weight is 657 g/mol. The zero-order valence-corrected chi connectivity index (χ0v) is 21.4. The molecule has 0 atom stereocenters. The average Bonchev–Trinajstić information content (AvgIpc) is 2.65. The third kappa shape index (κ3) is 7.08. The Hall–Kier alpha value is -1.44. The van der Waals surface area contributed by atoms with E-state index in [0.717, 1.165) is 18.1 Å². The molecule has 2 amide bonds. The van der Waals surface area contributed by atoms with Crippen LogP contribution in [0.2, 0.25) is 0 Å². The number of amides is 2. The van der Waals surface area contributed by atoms with Crippen LogP contribution >= 0.6 is 66.7 Å². The van der Waals surface area contributed by atoms with Crippen LogP contribution in [0.25, 0.3) is 0 Å². The zero-order chi connectivity index (χ0) is 21.6. The maximum Gasteiger partial charge on any atom is 0.276 e. The summed E-state index contributed by atoms with van der Waals surface area (Å²) in [6.07, 6.45) is 0. The molecule has 0 heterocycles. The molecular formula is C18H16Br2IN3O4S. The Morgan fingerprint density at radius 2 is 1.90 bits per heavy atom. The first-order valence-electron chi connectivity index (χ1n) is 8.03. The van der Waals surface area contributed by atoms with Gasteiger partial charge in [-0.25, -0.2) is 0 Å². The summed E-state index contributed by atoms with van der Waals surface area (Å²) in [4.78, 5) is 24.2. The second kappa shape index (κ2) is 11.1. The quantitative estimate of drug-likeness (QED) is 0.258. The lowest BCUT2D eigenvalue weighted by molar-refractivity contribution is -0.123. The van der Waals surface area contributed by atoms with Gasteiger partial charge in [0, 0.05) is 10.0 Å². The van der Waals surface area contributed by atoms with Gasteiger partial charge in [-0.3, -0.25) is 25.8 Å². The number of hydrogen-bond acceptors (Lipinski definition) is 5. The van der Waals surface area contributed by atoms with E-state index in [1.165, 1.54) is 0 Å². The van der Waals surface area contributed by atoms with Gasteiger partial charge in [0.1, 0.15) is 11.5 Å². The van der Waals surface area contributed by atoms with Crippen LogP contribution in [0.5, 0.6) is 11.5 Å². The third-order valence-corrected chi connectivity index (χ3v) is 5.59. The van der Waals surface area contributed by atoms with Crippen molar-refractivity contribution in [2.24, 2.45) is 0 Å². The van der Waals surface area contributed by atoms with Gasteiger partial charge < -0.3 is 9.47 Å². The number of methoxy groups -OCH3 is 1. The van der Waals surface area contributed by atoms with Crippen molar-refractivity contribution < 1.29 is 19.1 Å². The molecule has 154 valence electrons. The van der Waals surface area contributed by atoms with E-state index in [9.17, 15) is 9.59 Å². The Morgan fingerprint density at radius 1 is 1.17 bits per heavy atom. The number of rotatable bonds is 5. The predicted molar refractivity (Wildman–Crippen MR) is 129 cm³/mol. The number of ether oxygens (including phenoxy) is 2. The number of carbonyl (C=O) groups excluding carboxylic acids is 2. The number of nitrogens with one attached hydrogen (secondary N) is 3. The van der Waals surface area contributed by atoms with Crippen LogP contribution < -0.4 is 25.6 Å². The van der Waals surface area contributed by atoms with Crippen LogP contribution in [-0.4, -0.2) is 30.6 Å². The molecule has 29 heavy (non-hydrogen) atoms. The molecule has 2 aromatic carbocycles. The minimum absolute atomic E-state index is 0.0461. The summed E-state index contributed by atoms with van der Waals surface area (Å²) in [5.41, 5.74) is 6.11. The number of halogens is 3. The van der Waals surface area contributed by atoms with Gasteiger partial charge in [0.15, 0.2) is 11.7 Å². The van der Waals surface area contributed by atoms with Crippen molar-refractivity contribution in [3.63, 3.8) is 0 Å². The van der Waals surface area contributed by atoms with Gasteiger partial charge >= 0.3 is 0 Å². The van der Waals surface area contributed by atoms with E-state index in [2.05, 4.69) is 70.6 Å². The Kier molecular flexibility index (Phi) is 9.11. The fourth-order valence-electron chi connectivity index (χ4n) is 2.19. The van der Waals surface area contributed by atoms with Gasteiger partial charge in [0.25, 0.3) is 11.8 Å². The highest BCUT2D eigenvalue weighted by atomic mass is 127. The Labute approximate surface area is 203 Å². The fraction of sp³-hybridized carbons (Fsp3) is 0.167. The summed E-state index contributed by atoms with van der Waals surface area (Å²) in [6, 6.07) is 8.67. The lowest BCUT2D eigenvalue weighted by Crippen LogP contribution is -2.49. The first-order valence-corrected chi connectivity index (χ1v) is 11.1. The molecule has 2 rings (SSSR count). The molecule has 0 fully saturated rings. The molecule has 0 aromatic heterocycles. The van der Waals surface area contributed by atoms with Crippen LogP contribution in [-0.2, 0) is 4.79 Å². The minimum Gasteiger partial charge on any atom is -0.496 e. The summed E-state index contributed by atoms with van der Waals surface area (Å²) in [5.74, 6) is 0.355. The summed E-state index contributed by atoms with van der Waals surface area (Å²) >= 11 is 13.9. The molecule has 0 spiro atoms. The molecule has 0 unspecified atom stereocenters. The summed E-state index contributed by atoms with van der Waals surface area (Å²) in [5, 5.41) is 2.44. The van der Waals surface area contributed by atoms with Crippen molar-refractivity contribution in [3.05, 3.63) is 54.0 Å². The van der Waals surface area contributed by atoms with E-state index in [1.807, 2.05) is 19.1 Å². The summed E-state index contributed by atoms with van der Waals surface area (Å²) in [6.45, 7) is 1.63. The molecule has 11 heteroatoms. The first kappa shape index (κ1) is 23.8. The predicted octanol–water partition coefficient (Wildman–Crippen LogP) is 3.85. The Balaban J connectivity index is 1.82. The van der Waals surface area contributed by atoms with E-state index in [-0.39, 0.29) is 11.7 Å². The van der Waals surface area contributed by atoms with Gasteiger partial charge in [-0.05, 0) is 93.6 Å². The first-order chi connectivity index (χ1) is 13.7. The second-order valence-corrected chi connectivity index (χ2v) is 8.97. The van der Waals surface area contributed by atoms with E-state index in [4.69, 9.17) is 21.7 Å². The van der Waals surface area contributed by atoms with Crippen molar-refractivity contribution in [1.82, 2.24) is 16.2 Å². The maximum atomic E-state index is 12.2. The highest BCUT2D eigenvalue weighted by Gasteiger charge is 2.12. The molecule has 0 radical (unpaired) electrons. The molecule has 0 aliphatic heterocycles. The van der Waals surface area contributed by atoms with Crippen LogP contribution in [0.3, 0.4) is 0 Å². The number of carbonyl (C=O) groups is 2. The van der Waals surface area contributed by atoms with Gasteiger partial charge in [0.05, 0.1) is 15.2 Å². The van der Waals surface area contributed by atoms with E-state index >= 15 is 0 Å². The highest BCUT2D eigenvalue weighted by Crippen LogP contribution is 2.32. The normalized spacial score (nSPS) is 10.1. The van der Waals surface area contributed by atoms with Crippen LogP contribution in [0.4, 0.5) is 0 Å². The van der Waals surface area contributed by atoms with Crippen LogP contribution in [0.15, 0.2) is 39.3 Å². The van der Waals surface area contributed by atoms with Crippen molar-refractivity contribution in [2.75, 3.05) is 13.7 Å². The Bertz CT molecular complexity index is 936. The number of benzene rings is 2. The fourth-order valence-corrected chi connectivity index (χ4v) is 4.62. The smallest absolute Gasteiger partial charge is 0.276 e. The van der Waals surface area contributed by atoms with Crippen LogP contribution in [0.1, 0.15) is 15.9 Å². The topological polar surface area (TPSA) is 88.7 Å². The number of aryl methyl sites for hydroxylation is 1. The molecule has 0 saturated carbocycles. The Morgan fingerprint density at radius 3 is 2.52 bits per heavy atom. The lowest BCUT2D eigenvalue weighted by Gasteiger charge is -2.13. The van der Waals surface area contributed by atoms with E-state index < -0.39 is 11.8 Å². The molecule has 7 nitrogen and oxygen atoms in total. The van der Waals surface area contributed by atoms with E-state index in [0.29, 0.717) is 17.1 Å². The van der Waals surface area contributed by atoms with Crippen molar-refractivity contribution in [1.29, 1.82) is 0 Å². The van der Waals surface area contributed by atoms with Crippen molar-refractivity contribution in [3.8, 4) is 11.5 Å². The zero-order valence-electron chi connectivity index (χ0n) is 15.3. The molecule has 2 aromatic rings. The lowest BCUT2D eigenvalue weighted by atomic mass is 10.2. The van der Waals surface area contributed by atoms with Gasteiger partial charge in [-0.1, -0.05) is 15.9 Å². The summed E-state index contributed by atoms with van der Waals surface area (Å²) in [7, 11) is 1.55. The minimum atomic E-state index is -0.463. The van der Waals surface area contributed by atoms with Gasteiger partial charge in [0.2, 0.25) is 0 Å². The monoisotopic (exact) mass is 655 g/mol. The second-order valence-electron chi connectivity index (χ2n) is 5.63. The summed E-state index contributed by atoms with van der Waals surface area (Å²) < 4.78 is 13.1. The highest BCUT2D eigenvalue weighted by molar-refractivity contribution is 14.1. The van der Waals surface area contributed by atoms with Crippen LogP contribution in [0, 0.1) is 10.5 Å². The van der Waals surface area contributed by atoms with Crippen molar-refractivity contribution in [2.45, 2.75) is 6.92 Å². The molecule has 0 saturated heterocycles. The molecule has 3 N–H and O–H groups in total. The van der Waals surface area contributed by atoms with Gasteiger partial charge in [-0.15, -0.1) is 0 Å². The number of hydrogen-bond donors (Lipinski definition) is 3. The number of hydrazine groups is 1. The largest absolute Gasteiger partial charge is 0.496 e. The molecule has 0 bridgehead atoms. The standard InChI is InChI=1S/C18H16Br2IN3O4S/c1-9-5-11(19)7-12(20)16(9)28-8-15(25)23-24-18(29)22-17(26)10-3-4-14(27-2)13(21)6-10/h3-7H,8H2,1-2H3,(H,23,25)(H2,22,24,26,29). The molecule has 0 aliphatic carbocycles. The van der Waals surface area contributed by atoms with Crippen molar-refractivity contribution >= 4 is 83.6 Å². The SMILES string of the molecule is COc1ccc(C(=O)NC(=S)NNC(=O)COc2c(C)cc(Br)cc2Br)cc1I. The molecule has 0 aliphatic rings. The maximum absolute atomic E-state index is 12.2. The number of thiocarbonyl (C=S) groups is 1. The molecular weight excluding hydrogens is 641 g/mol. The van der Waals surface area contributed by atoms with E-state index in [1.54, 1.807) is 25.3 Å².